The van der Waals surface area contributed by atoms with Crippen molar-refractivity contribution in [1.29, 1.82) is 0 Å². The minimum atomic E-state index is -0.240. The van der Waals surface area contributed by atoms with Gasteiger partial charge < -0.3 is 9.47 Å². The molecule has 0 spiro atoms. The fourth-order valence-electron chi connectivity index (χ4n) is 2.79. The van der Waals surface area contributed by atoms with Gasteiger partial charge in [0.2, 0.25) is 0 Å². The van der Waals surface area contributed by atoms with Crippen LogP contribution in [-0.4, -0.2) is 36.1 Å². The van der Waals surface area contributed by atoms with Gasteiger partial charge in [0.1, 0.15) is 0 Å². The summed E-state index contributed by atoms with van der Waals surface area (Å²) in [4.78, 5) is 30.1. The van der Waals surface area contributed by atoms with Crippen molar-refractivity contribution in [2.45, 2.75) is 25.7 Å². The van der Waals surface area contributed by atoms with Crippen LogP contribution < -0.4 is 0 Å². The summed E-state index contributed by atoms with van der Waals surface area (Å²) >= 11 is 15.5. The Kier molecular flexibility index (Phi) is 11.3. The number of hydrogen-bond acceptors (Lipinski definition) is 6. The number of pyridine rings is 2. The first-order valence-corrected chi connectivity index (χ1v) is 11.5. The minimum Gasteiger partial charge on any atom is -0.469 e. The number of benzene rings is 1. The average molecular weight is 554 g/mol. The van der Waals surface area contributed by atoms with Gasteiger partial charge in [-0.2, -0.15) is 0 Å². The van der Waals surface area contributed by atoms with Crippen LogP contribution in [0.25, 0.3) is 11.1 Å². The molecule has 0 saturated carbocycles. The Morgan fingerprint density at radius 2 is 1.45 bits per heavy atom. The first-order chi connectivity index (χ1) is 15.8. The molecule has 0 fully saturated rings. The average Bonchev–Trinajstić information content (AvgIpc) is 2.83. The van der Waals surface area contributed by atoms with Crippen LogP contribution in [0.2, 0.25) is 10.0 Å². The van der Waals surface area contributed by atoms with E-state index in [1.54, 1.807) is 30.9 Å². The third-order valence-electron chi connectivity index (χ3n) is 4.51. The van der Waals surface area contributed by atoms with Gasteiger partial charge in [0.15, 0.2) is 0 Å². The lowest BCUT2D eigenvalue weighted by Crippen LogP contribution is -2.02. The lowest BCUT2D eigenvalue weighted by atomic mass is 10.0. The van der Waals surface area contributed by atoms with Gasteiger partial charge in [-0.05, 0) is 58.1 Å². The third kappa shape index (κ3) is 9.12. The second-order valence-electron chi connectivity index (χ2n) is 6.85. The predicted octanol–water partition coefficient (Wildman–Crippen LogP) is 6.11. The second kappa shape index (κ2) is 13.9. The van der Waals surface area contributed by atoms with E-state index in [0.29, 0.717) is 35.7 Å². The molecule has 0 atom stereocenters. The summed E-state index contributed by atoms with van der Waals surface area (Å²) in [5.74, 6) is -0.434. The fourth-order valence-corrected chi connectivity index (χ4v) is 3.61. The van der Waals surface area contributed by atoms with Gasteiger partial charge in [0, 0.05) is 53.2 Å². The van der Waals surface area contributed by atoms with Crippen molar-refractivity contribution in [2.75, 3.05) is 14.2 Å². The Labute approximate surface area is 211 Å². The molecule has 33 heavy (non-hydrogen) atoms. The van der Waals surface area contributed by atoms with Gasteiger partial charge in [-0.15, -0.1) is 0 Å². The molecule has 2 aromatic heterocycles. The summed E-state index contributed by atoms with van der Waals surface area (Å²) in [6.07, 6.45) is 8.86. The maximum Gasteiger partial charge on any atom is 0.305 e. The summed E-state index contributed by atoms with van der Waals surface area (Å²) in [6, 6.07) is 9.35. The number of ether oxygens (including phenoxy) is 2. The summed E-state index contributed by atoms with van der Waals surface area (Å²) < 4.78 is 10.1. The quantitative estimate of drug-likeness (QED) is 0.328. The lowest BCUT2D eigenvalue weighted by Gasteiger charge is -2.07. The maximum atomic E-state index is 11.2. The Morgan fingerprint density at radius 1 is 0.879 bits per heavy atom. The summed E-state index contributed by atoms with van der Waals surface area (Å²) in [5.41, 5.74) is 3.68. The molecule has 1 aromatic carbocycles. The van der Waals surface area contributed by atoms with E-state index in [-0.39, 0.29) is 11.9 Å². The highest BCUT2D eigenvalue weighted by atomic mass is 79.9. The van der Waals surface area contributed by atoms with E-state index in [1.807, 2.05) is 24.3 Å². The van der Waals surface area contributed by atoms with Crippen molar-refractivity contribution in [1.82, 2.24) is 9.97 Å². The van der Waals surface area contributed by atoms with E-state index in [4.69, 9.17) is 23.2 Å². The van der Waals surface area contributed by atoms with E-state index in [0.717, 1.165) is 26.7 Å². The second-order valence-corrected chi connectivity index (χ2v) is 8.55. The summed E-state index contributed by atoms with van der Waals surface area (Å²) in [7, 11) is 2.77. The number of nitrogens with zero attached hydrogens (tertiary/aromatic N) is 2. The van der Waals surface area contributed by atoms with E-state index in [2.05, 4.69) is 35.4 Å². The monoisotopic (exact) mass is 552 g/mol. The van der Waals surface area contributed by atoms with Gasteiger partial charge in [0.05, 0.1) is 24.3 Å². The zero-order chi connectivity index (χ0) is 24.2. The molecule has 0 unspecified atom stereocenters. The van der Waals surface area contributed by atoms with E-state index in [1.165, 1.54) is 14.2 Å². The number of methoxy groups -OCH3 is 2. The zero-order valence-corrected chi connectivity index (χ0v) is 21.3. The van der Waals surface area contributed by atoms with Gasteiger partial charge in [-0.1, -0.05) is 35.3 Å². The van der Waals surface area contributed by atoms with Crippen molar-refractivity contribution in [3.8, 4) is 11.1 Å². The summed E-state index contributed by atoms with van der Waals surface area (Å²) in [6.45, 7) is 0. The summed E-state index contributed by atoms with van der Waals surface area (Å²) in [5, 5.41) is 1.00. The van der Waals surface area contributed by atoms with Gasteiger partial charge in [-0.3, -0.25) is 19.6 Å². The van der Waals surface area contributed by atoms with Crippen molar-refractivity contribution < 1.29 is 19.1 Å². The van der Waals surface area contributed by atoms with Gasteiger partial charge in [0.25, 0.3) is 0 Å². The van der Waals surface area contributed by atoms with Gasteiger partial charge >= 0.3 is 11.9 Å². The highest BCUT2D eigenvalue weighted by Crippen LogP contribution is 2.33. The molecule has 0 N–H and O–H groups in total. The predicted molar refractivity (Wildman–Crippen MR) is 132 cm³/mol. The smallest absolute Gasteiger partial charge is 0.305 e. The highest BCUT2D eigenvalue weighted by Gasteiger charge is 2.09. The molecule has 0 bridgehead atoms. The third-order valence-corrected chi connectivity index (χ3v) is 5.76. The highest BCUT2D eigenvalue weighted by molar-refractivity contribution is 9.10. The van der Waals surface area contributed by atoms with Crippen LogP contribution in [0.5, 0.6) is 0 Å². The van der Waals surface area contributed by atoms with Crippen LogP contribution in [0.15, 0.2) is 59.6 Å². The first kappa shape index (κ1) is 26.8. The molecule has 0 aliphatic heterocycles. The minimum absolute atomic E-state index is 0.194. The first-order valence-electron chi connectivity index (χ1n) is 9.95. The van der Waals surface area contributed by atoms with Crippen LogP contribution >= 0.6 is 39.1 Å². The largest absolute Gasteiger partial charge is 0.469 e. The number of carbonyl (C=O) groups excluding carboxylic acids is 2. The number of hydrogen-bond donors (Lipinski definition) is 0. The molecule has 3 rings (SSSR count). The molecule has 0 radical (unpaired) electrons. The SMILES string of the molecule is COC(=O)CCc1cncc(-c2cccc(Cl)c2Cl)c1.COC(=O)CCc1cncc(Br)c1. The van der Waals surface area contributed by atoms with Crippen LogP contribution in [0.3, 0.4) is 0 Å². The molecule has 9 heteroatoms. The number of esters is 2. The number of halogens is 3. The molecule has 6 nitrogen and oxygen atoms in total. The van der Waals surface area contributed by atoms with Crippen molar-refractivity contribution in [3.05, 3.63) is 80.8 Å². The number of carbonyl (C=O) groups is 2. The Balaban J connectivity index is 0.000000257. The van der Waals surface area contributed by atoms with Crippen LogP contribution in [0.4, 0.5) is 0 Å². The number of aromatic nitrogens is 2. The topological polar surface area (TPSA) is 78.4 Å². The van der Waals surface area contributed by atoms with E-state index in [9.17, 15) is 9.59 Å². The molecular formula is C24H23BrCl2N2O4. The zero-order valence-electron chi connectivity index (χ0n) is 18.2. The van der Waals surface area contributed by atoms with Crippen LogP contribution in [-0.2, 0) is 31.9 Å². The van der Waals surface area contributed by atoms with Crippen molar-refractivity contribution in [3.63, 3.8) is 0 Å². The fraction of sp³-hybridized carbons (Fsp3) is 0.250. The van der Waals surface area contributed by atoms with Crippen LogP contribution in [0.1, 0.15) is 24.0 Å². The van der Waals surface area contributed by atoms with Gasteiger partial charge in [-0.25, -0.2) is 0 Å². The molecular weight excluding hydrogens is 531 g/mol. The molecule has 0 aliphatic carbocycles. The molecule has 2 heterocycles. The molecule has 0 aliphatic rings. The molecule has 0 saturated heterocycles. The Morgan fingerprint density at radius 3 is 2.03 bits per heavy atom. The maximum absolute atomic E-state index is 11.2. The Hall–Kier alpha value is -2.48. The Bertz CT molecular complexity index is 1100. The molecule has 0 amide bonds. The van der Waals surface area contributed by atoms with E-state index >= 15 is 0 Å². The standard InChI is InChI=1S/C15H13Cl2NO2.C9H10BrNO2/c1-20-14(19)6-5-10-7-11(9-18-8-10)12-3-2-4-13(16)15(12)17;1-13-9(12)3-2-7-4-8(10)6-11-5-7/h2-4,7-9H,5-6H2,1H3;4-6H,2-3H2,1H3. The van der Waals surface area contributed by atoms with Crippen molar-refractivity contribution in [2.24, 2.45) is 0 Å². The number of rotatable bonds is 7. The van der Waals surface area contributed by atoms with Crippen molar-refractivity contribution >= 4 is 51.1 Å². The molecule has 174 valence electrons. The number of aryl methyl sites for hydroxylation is 2. The molecule has 3 aromatic rings. The van der Waals surface area contributed by atoms with E-state index < -0.39 is 0 Å². The lowest BCUT2D eigenvalue weighted by molar-refractivity contribution is -0.141. The normalized spacial score (nSPS) is 10.1. The van der Waals surface area contributed by atoms with Crippen LogP contribution in [0, 0.1) is 0 Å².